The van der Waals surface area contributed by atoms with Gasteiger partial charge in [0, 0.05) is 24.2 Å². The number of nitro benzene ring substituents is 1. The van der Waals surface area contributed by atoms with Crippen molar-refractivity contribution < 1.29 is 24.5 Å². The van der Waals surface area contributed by atoms with Crippen LogP contribution in [-0.4, -0.2) is 33.2 Å². The van der Waals surface area contributed by atoms with E-state index < -0.39 is 28.8 Å². The Labute approximate surface area is 166 Å². The average molecular weight is 397 g/mol. The zero-order chi connectivity index (χ0) is 21.2. The minimum Gasteiger partial charge on any atom is -0.481 e. The summed E-state index contributed by atoms with van der Waals surface area (Å²) in [4.78, 5) is 40.0. The number of hydrogen-bond donors (Lipinski definition) is 2. The Bertz CT molecular complexity index is 1020. The lowest BCUT2D eigenvalue weighted by Crippen LogP contribution is -2.45. The largest absolute Gasteiger partial charge is 0.481 e. The summed E-state index contributed by atoms with van der Waals surface area (Å²) >= 11 is 0. The molecule has 0 saturated carbocycles. The molecule has 2 N–H and O–H groups in total. The summed E-state index contributed by atoms with van der Waals surface area (Å²) < 4.78 is 0. The summed E-state index contributed by atoms with van der Waals surface area (Å²) in [5.74, 6) is -1.83. The number of benzene rings is 2. The van der Waals surface area contributed by atoms with E-state index in [1.54, 1.807) is 6.07 Å². The number of aryl methyl sites for hydroxylation is 2. The number of nitrogens with zero attached hydrogens (tertiary/aromatic N) is 2. The molecule has 0 fully saturated rings. The highest BCUT2D eigenvalue weighted by molar-refractivity contribution is 6.09. The minimum atomic E-state index is -1.71. The molecule has 0 spiro atoms. The van der Waals surface area contributed by atoms with Crippen molar-refractivity contribution in [2.45, 2.75) is 32.3 Å². The molecule has 1 heterocycles. The molecule has 0 aliphatic carbocycles. The van der Waals surface area contributed by atoms with Gasteiger partial charge in [0.05, 0.1) is 17.1 Å². The van der Waals surface area contributed by atoms with Crippen LogP contribution in [-0.2, 0) is 14.4 Å². The Hall–Kier alpha value is -3.75. The van der Waals surface area contributed by atoms with Crippen molar-refractivity contribution in [3.05, 3.63) is 69.3 Å². The first kappa shape index (κ1) is 20.0. The number of anilines is 1. The van der Waals surface area contributed by atoms with Crippen LogP contribution in [0.25, 0.3) is 0 Å². The highest BCUT2D eigenvalue weighted by Crippen LogP contribution is 2.32. The third-order valence-corrected chi connectivity index (χ3v) is 4.68. The van der Waals surface area contributed by atoms with Gasteiger partial charge < -0.3 is 15.3 Å². The Morgan fingerprint density at radius 1 is 1.24 bits per heavy atom. The SMILES string of the molecule is Cc1ccc(NC(=O)[C@]2(CC(=O)O)CC(c3ccc([N+](=O)[O-])cc3)=NO2)c(C)c1. The summed E-state index contributed by atoms with van der Waals surface area (Å²) in [7, 11) is 0. The van der Waals surface area contributed by atoms with E-state index in [1.807, 2.05) is 26.0 Å². The molecular formula is C20H19N3O6. The summed E-state index contributed by atoms with van der Waals surface area (Å²) in [5, 5.41) is 26.8. The zero-order valence-corrected chi connectivity index (χ0v) is 15.8. The van der Waals surface area contributed by atoms with E-state index in [0.717, 1.165) is 11.1 Å². The van der Waals surface area contributed by atoms with Crippen molar-refractivity contribution in [3.63, 3.8) is 0 Å². The number of oxime groups is 1. The second-order valence-corrected chi connectivity index (χ2v) is 6.95. The number of carboxylic acid groups (broad SMARTS) is 1. The van der Waals surface area contributed by atoms with Crippen molar-refractivity contribution in [3.8, 4) is 0 Å². The Morgan fingerprint density at radius 2 is 1.93 bits per heavy atom. The van der Waals surface area contributed by atoms with Crippen LogP contribution in [0.2, 0.25) is 0 Å². The van der Waals surface area contributed by atoms with Gasteiger partial charge in [-0.3, -0.25) is 19.7 Å². The molecule has 1 aliphatic heterocycles. The number of nitro groups is 1. The van der Waals surface area contributed by atoms with Crippen molar-refractivity contribution in [1.82, 2.24) is 0 Å². The normalized spacial score (nSPS) is 17.9. The third kappa shape index (κ3) is 4.23. The predicted molar refractivity (Wildman–Crippen MR) is 105 cm³/mol. The number of hydrogen-bond acceptors (Lipinski definition) is 6. The second-order valence-electron chi connectivity index (χ2n) is 6.95. The van der Waals surface area contributed by atoms with Crippen LogP contribution in [0.5, 0.6) is 0 Å². The second kappa shape index (κ2) is 7.70. The number of carbonyl (C=O) groups excluding carboxylic acids is 1. The Kier molecular flexibility index (Phi) is 5.31. The van der Waals surface area contributed by atoms with Gasteiger partial charge in [0.1, 0.15) is 0 Å². The molecule has 9 heteroatoms. The van der Waals surface area contributed by atoms with Crippen molar-refractivity contribution >= 4 is 29.0 Å². The van der Waals surface area contributed by atoms with Gasteiger partial charge in [-0.25, -0.2) is 0 Å². The molecule has 3 rings (SSSR count). The van der Waals surface area contributed by atoms with Crippen LogP contribution in [0, 0.1) is 24.0 Å². The molecule has 1 atom stereocenters. The molecule has 1 aliphatic rings. The molecule has 29 heavy (non-hydrogen) atoms. The summed E-state index contributed by atoms with van der Waals surface area (Å²) in [5.41, 5.74) is 1.48. The quantitative estimate of drug-likeness (QED) is 0.568. The van der Waals surface area contributed by atoms with Crippen LogP contribution in [0.1, 0.15) is 29.5 Å². The molecule has 0 bridgehead atoms. The van der Waals surface area contributed by atoms with Crippen LogP contribution in [0.15, 0.2) is 47.6 Å². The maximum absolute atomic E-state index is 13.0. The standard InChI is InChI=1S/C20H19N3O6/c1-12-3-8-16(13(2)9-12)21-19(26)20(11-18(24)25)10-17(22-29-20)14-4-6-15(7-5-14)23(27)28/h3-9H,10-11H2,1-2H3,(H,21,26)(H,24,25)/t20-/m1/s1. The first-order valence-corrected chi connectivity index (χ1v) is 8.80. The maximum Gasteiger partial charge on any atom is 0.308 e. The molecule has 1 amide bonds. The fourth-order valence-electron chi connectivity index (χ4n) is 3.14. The molecule has 2 aromatic carbocycles. The number of carboxylic acids is 1. The van der Waals surface area contributed by atoms with E-state index >= 15 is 0 Å². The number of amides is 1. The summed E-state index contributed by atoms with van der Waals surface area (Å²) in [6.45, 7) is 3.76. The number of non-ortho nitro benzene ring substituents is 1. The van der Waals surface area contributed by atoms with Crippen molar-refractivity contribution in [2.75, 3.05) is 5.32 Å². The molecule has 0 unspecified atom stereocenters. The van der Waals surface area contributed by atoms with E-state index in [-0.39, 0.29) is 12.1 Å². The number of aliphatic carboxylic acids is 1. The highest BCUT2D eigenvalue weighted by atomic mass is 16.7. The van der Waals surface area contributed by atoms with Crippen molar-refractivity contribution in [1.29, 1.82) is 0 Å². The fraction of sp³-hybridized carbons (Fsp3) is 0.250. The lowest BCUT2D eigenvalue weighted by atomic mass is 9.90. The Morgan fingerprint density at radius 3 is 2.52 bits per heavy atom. The van der Waals surface area contributed by atoms with E-state index in [9.17, 15) is 24.8 Å². The maximum atomic E-state index is 13.0. The van der Waals surface area contributed by atoms with Gasteiger partial charge in [0.25, 0.3) is 11.6 Å². The van der Waals surface area contributed by atoms with Crippen LogP contribution < -0.4 is 5.32 Å². The van der Waals surface area contributed by atoms with Crippen LogP contribution >= 0.6 is 0 Å². The average Bonchev–Trinajstić information content (AvgIpc) is 3.08. The zero-order valence-electron chi connectivity index (χ0n) is 15.8. The van der Waals surface area contributed by atoms with E-state index in [2.05, 4.69) is 10.5 Å². The monoisotopic (exact) mass is 397 g/mol. The lowest BCUT2D eigenvalue weighted by Gasteiger charge is -2.24. The van der Waals surface area contributed by atoms with Crippen molar-refractivity contribution in [2.24, 2.45) is 5.16 Å². The first-order valence-electron chi connectivity index (χ1n) is 8.80. The molecule has 9 nitrogen and oxygen atoms in total. The molecule has 0 aromatic heterocycles. The van der Waals surface area contributed by atoms with Gasteiger partial charge in [-0.05, 0) is 43.2 Å². The van der Waals surface area contributed by atoms with Gasteiger partial charge in [0.2, 0.25) is 5.60 Å². The number of rotatable bonds is 6. The molecule has 150 valence electrons. The molecule has 2 aromatic rings. The number of nitrogens with one attached hydrogen (secondary N) is 1. The Balaban J connectivity index is 1.83. The lowest BCUT2D eigenvalue weighted by molar-refractivity contribution is -0.384. The molecule has 0 saturated heterocycles. The summed E-state index contributed by atoms with van der Waals surface area (Å²) in [6, 6.07) is 11.1. The van der Waals surface area contributed by atoms with Crippen LogP contribution in [0.3, 0.4) is 0 Å². The minimum absolute atomic E-state index is 0.0755. The van der Waals surface area contributed by atoms with E-state index in [1.165, 1.54) is 24.3 Å². The van der Waals surface area contributed by atoms with E-state index in [0.29, 0.717) is 17.0 Å². The third-order valence-electron chi connectivity index (χ3n) is 4.68. The van der Waals surface area contributed by atoms with Gasteiger partial charge in [-0.2, -0.15) is 0 Å². The van der Waals surface area contributed by atoms with Gasteiger partial charge >= 0.3 is 5.97 Å². The number of carbonyl (C=O) groups is 2. The molecule has 0 radical (unpaired) electrons. The smallest absolute Gasteiger partial charge is 0.308 e. The van der Waals surface area contributed by atoms with Gasteiger partial charge in [-0.1, -0.05) is 22.9 Å². The van der Waals surface area contributed by atoms with Gasteiger partial charge in [-0.15, -0.1) is 0 Å². The predicted octanol–water partition coefficient (Wildman–Crippen LogP) is 3.19. The first-order chi connectivity index (χ1) is 13.7. The van der Waals surface area contributed by atoms with E-state index in [4.69, 9.17) is 4.84 Å². The fourth-order valence-corrected chi connectivity index (χ4v) is 3.14. The summed E-state index contributed by atoms with van der Waals surface area (Å²) in [6.07, 6.45) is -0.655. The topological polar surface area (TPSA) is 131 Å². The van der Waals surface area contributed by atoms with Gasteiger partial charge in [0.15, 0.2) is 0 Å². The van der Waals surface area contributed by atoms with Crippen LogP contribution in [0.4, 0.5) is 11.4 Å². The molecular weight excluding hydrogens is 378 g/mol. The highest BCUT2D eigenvalue weighted by Gasteiger charge is 2.49.